The Labute approximate surface area is 740 Å². The molecular weight excluding hydrogens is 1800 g/mol. The summed E-state index contributed by atoms with van der Waals surface area (Å²) in [6, 6.07) is 37.1. The number of nitrogens with zero attached hydrogens (tertiary/aromatic N) is 8. The van der Waals surface area contributed by atoms with Crippen molar-refractivity contribution >= 4 is 197 Å². The average molecular weight is 1880 g/mol. The van der Waals surface area contributed by atoms with Gasteiger partial charge in [0.2, 0.25) is 0 Å². The molecule has 27 nitrogen and oxygen atoms in total. The van der Waals surface area contributed by atoms with Crippen molar-refractivity contribution in [2.75, 3.05) is 69.1 Å². The summed E-state index contributed by atoms with van der Waals surface area (Å²) in [5.41, 5.74) is 5.89. The van der Waals surface area contributed by atoms with Crippen LogP contribution in [0.25, 0.3) is 0 Å². The van der Waals surface area contributed by atoms with Gasteiger partial charge in [0, 0.05) is 89.0 Å². The van der Waals surface area contributed by atoms with Gasteiger partial charge in [0.15, 0.2) is 22.8 Å². The molecule has 4 amide bonds. The van der Waals surface area contributed by atoms with Crippen molar-refractivity contribution in [1.29, 1.82) is 0 Å². The number of aromatic nitrogens is 4. The summed E-state index contributed by atoms with van der Waals surface area (Å²) in [7, 11) is -13.2. The van der Waals surface area contributed by atoms with Crippen molar-refractivity contribution in [3.05, 3.63) is 267 Å². The highest BCUT2D eigenvalue weighted by Gasteiger charge is 2.39. The summed E-state index contributed by atoms with van der Waals surface area (Å²) in [5.74, 6) is -2.29. The molecular formula is C82H78Cl8N12O15S4. The fourth-order valence-corrected chi connectivity index (χ4v) is 19.3. The van der Waals surface area contributed by atoms with Gasteiger partial charge in [0.1, 0.15) is 6.04 Å². The molecule has 4 aliphatic heterocycles. The zero-order chi connectivity index (χ0) is 87.7. The fraction of sp³-hybridized carbons (Fsp3) is 0.256. The number of fused-ring (bicyclic) bond motifs is 2. The van der Waals surface area contributed by atoms with Crippen molar-refractivity contribution in [2.45, 2.75) is 117 Å². The number of nitrogens with one attached hydrogen (secondary N) is 4. The molecule has 3 atom stereocenters. The van der Waals surface area contributed by atoms with Gasteiger partial charge < -0.3 is 29.1 Å². The number of amides is 4. The van der Waals surface area contributed by atoms with E-state index in [9.17, 15) is 57.6 Å². The third-order valence-electron chi connectivity index (χ3n) is 19.8. The number of aryl methyl sites for hydroxylation is 4. The normalized spacial score (nSPS) is 15.6. The molecule has 636 valence electrons. The molecule has 0 bridgehead atoms. The first kappa shape index (κ1) is 92.3. The van der Waals surface area contributed by atoms with Crippen LogP contribution in [0.5, 0.6) is 0 Å². The molecule has 0 saturated carbocycles. The maximum absolute atomic E-state index is 13.4. The number of esters is 1. The Hall–Kier alpha value is -9.45. The standard InChI is InChI=1S/C22H19Cl2N3O3S.C21H17Cl2N3O3S.C20H21Cl2N3O5S.C19H21Cl2N3O4S/c1-13-9-17(7-8-18(13)24)31(29,30)26-19-11-16(23)12-25-21(19)22(28)27-14(2)10-15-5-3-4-6-20(15)27;1-13-10-16(6-7-17(13)23)30(28,29)25-18-11-15(22)12-24-20(18)21(27)26-9-8-14-4-2-3-5-19(14)26;1-12-9-14(6-7-15(12)22)31(28,29)24-16-10-13(21)11-23-18(16)19(26)25-8-4-3-5-17(25)20(27)30-2;1-12-8-15(5-6-16(12)21)29(26,27)23-17-9-13(20)10-22-18(17)19(25)24-7-3-4-14(24)11-28-2/h3-9,11-12,14,26H,10H2,1-2H3;2-7,10-12,25H,8-9H2,1H3;6-7,9-11,17,24H,3-5,8H2,1-2H3;5-6,8-10,14,23H,3-4,7,11H2,1-2H3/t;;;14-/m...1/s1. The molecule has 39 heteroatoms. The lowest BCUT2D eigenvalue weighted by molar-refractivity contribution is -0.147. The molecule has 2 saturated heterocycles. The zero-order valence-electron chi connectivity index (χ0n) is 65.5. The van der Waals surface area contributed by atoms with E-state index in [0.717, 1.165) is 48.2 Å². The first-order valence-electron chi connectivity index (χ1n) is 37.1. The molecule has 121 heavy (non-hydrogen) atoms. The molecule has 4 N–H and O–H groups in total. The van der Waals surface area contributed by atoms with Crippen LogP contribution in [-0.4, -0.2) is 152 Å². The molecule has 2 fully saturated rings. The molecule has 0 spiro atoms. The summed E-state index contributed by atoms with van der Waals surface area (Å²) in [6.07, 6.45) is 10.2. The summed E-state index contributed by atoms with van der Waals surface area (Å²) in [4.78, 5) is 87.9. The van der Waals surface area contributed by atoms with Gasteiger partial charge in [0.05, 0.1) is 82.2 Å². The van der Waals surface area contributed by atoms with Crippen molar-refractivity contribution in [2.24, 2.45) is 0 Å². The van der Waals surface area contributed by atoms with E-state index in [1.165, 1.54) is 134 Å². The van der Waals surface area contributed by atoms with Gasteiger partial charge in [-0.3, -0.25) is 38.1 Å². The molecule has 8 heterocycles. The van der Waals surface area contributed by atoms with Crippen LogP contribution < -0.4 is 28.7 Å². The lowest BCUT2D eigenvalue weighted by Crippen LogP contribution is -2.48. The highest BCUT2D eigenvalue weighted by Crippen LogP contribution is 2.38. The molecule has 4 aliphatic rings. The first-order chi connectivity index (χ1) is 57.3. The Kier molecular flexibility index (Phi) is 30.0. The minimum absolute atomic E-state index is 0.00772. The Morgan fingerprint density at radius 3 is 1.18 bits per heavy atom. The van der Waals surface area contributed by atoms with Crippen LogP contribution in [0.2, 0.25) is 40.2 Å². The summed E-state index contributed by atoms with van der Waals surface area (Å²) >= 11 is 48.1. The number of methoxy groups -OCH3 is 2. The maximum Gasteiger partial charge on any atom is 0.328 e. The number of carbonyl (C=O) groups excluding carboxylic acids is 5. The van der Waals surface area contributed by atoms with E-state index < -0.39 is 69.8 Å². The smallest absolute Gasteiger partial charge is 0.328 e. The number of sulfonamides is 4. The van der Waals surface area contributed by atoms with Crippen LogP contribution in [0.3, 0.4) is 0 Å². The largest absolute Gasteiger partial charge is 0.467 e. The number of pyridine rings is 4. The number of carbonyl (C=O) groups is 5. The third kappa shape index (κ3) is 22.0. The average Bonchev–Trinajstić information content (AvgIpc) is 1.67. The van der Waals surface area contributed by atoms with E-state index >= 15 is 0 Å². The lowest BCUT2D eigenvalue weighted by Gasteiger charge is -2.33. The van der Waals surface area contributed by atoms with E-state index in [1.807, 2.05) is 55.5 Å². The van der Waals surface area contributed by atoms with Gasteiger partial charge >= 0.3 is 5.97 Å². The number of halogens is 8. The number of piperidine rings is 1. The number of benzene rings is 6. The molecule has 0 radical (unpaired) electrons. The van der Waals surface area contributed by atoms with E-state index in [-0.39, 0.29) is 103 Å². The van der Waals surface area contributed by atoms with Crippen LogP contribution in [0, 0.1) is 27.7 Å². The quantitative estimate of drug-likeness (QED) is 0.0546. The predicted molar refractivity (Wildman–Crippen MR) is 470 cm³/mol. The van der Waals surface area contributed by atoms with Crippen molar-refractivity contribution in [3.8, 4) is 0 Å². The molecule has 10 aromatic rings. The van der Waals surface area contributed by atoms with Crippen molar-refractivity contribution in [3.63, 3.8) is 0 Å². The van der Waals surface area contributed by atoms with Gasteiger partial charge in [-0.2, -0.15) is 0 Å². The second kappa shape index (κ2) is 39.4. The maximum atomic E-state index is 13.4. The monoisotopic (exact) mass is 1880 g/mol. The highest BCUT2D eigenvalue weighted by molar-refractivity contribution is 7.93. The Bertz CT molecular complexity index is 6190. The molecule has 4 aromatic heterocycles. The number of likely N-dealkylation sites (tertiary alicyclic amines) is 2. The number of rotatable bonds is 19. The van der Waals surface area contributed by atoms with Gasteiger partial charge in [-0.1, -0.05) is 129 Å². The summed E-state index contributed by atoms with van der Waals surface area (Å²) in [5, 5.41) is 2.57. The Morgan fingerprint density at radius 2 is 0.785 bits per heavy atom. The Morgan fingerprint density at radius 1 is 0.421 bits per heavy atom. The number of hydrogen-bond acceptors (Lipinski definition) is 19. The van der Waals surface area contributed by atoms with Crippen LogP contribution in [0.1, 0.15) is 114 Å². The SMILES string of the molecule is COC(=O)C1CCCCN1C(=O)c1ncc(Cl)cc1NS(=O)(=O)c1ccc(Cl)c(C)c1.COC[C@H]1CCCN1C(=O)c1ncc(Cl)cc1NS(=O)(=O)c1ccc(Cl)c(C)c1.Cc1cc(S(=O)(=O)Nc2cc(Cl)cnc2C(=O)N2CCc3ccccc32)ccc1Cl.Cc1cc(S(=O)(=O)Nc2cc(Cl)cnc2C(=O)N2c3ccccc3CC2C)ccc1Cl. The van der Waals surface area contributed by atoms with E-state index in [4.69, 9.17) is 102 Å². The first-order valence-corrected chi connectivity index (χ1v) is 46.0. The van der Waals surface area contributed by atoms with E-state index in [0.29, 0.717) is 87.8 Å². The summed E-state index contributed by atoms with van der Waals surface area (Å²) in [6.45, 7) is 10.5. The number of para-hydroxylation sites is 2. The predicted octanol–water partition coefficient (Wildman–Crippen LogP) is 17.2. The summed E-state index contributed by atoms with van der Waals surface area (Å²) < 4.78 is 123. The van der Waals surface area contributed by atoms with Crippen molar-refractivity contribution < 1.29 is 67.1 Å². The second-order valence-electron chi connectivity index (χ2n) is 28.2. The molecule has 2 unspecified atom stereocenters. The van der Waals surface area contributed by atoms with Gasteiger partial charge in [-0.05, 0) is 222 Å². The number of ether oxygens (including phenoxy) is 2. The van der Waals surface area contributed by atoms with Crippen LogP contribution in [-0.2, 0) is 67.2 Å². The number of hydrogen-bond donors (Lipinski definition) is 4. The second-order valence-corrected chi connectivity index (χ2v) is 38.3. The van der Waals surface area contributed by atoms with Gasteiger partial charge in [-0.25, -0.2) is 58.4 Å². The fourth-order valence-electron chi connectivity index (χ4n) is 13.7. The molecule has 0 aliphatic carbocycles. The van der Waals surface area contributed by atoms with Crippen LogP contribution in [0.4, 0.5) is 34.1 Å². The number of anilines is 6. The minimum Gasteiger partial charge on any atom is -0.467 e. The molecule has 6 aromatic carbocycles. The third-order valence-corrected chi connectivity index (χ3v) is 27.7. The zero-order valence-corrected chi connectivity index (χ0v) is 74.8. The van der Waals surface area contributed by atoms with E-state index in [2.05, 4.69) is 38.8 Å². The van der Waals surface area contributed by atoms with Gasteiger partial charge in [0.25, 0.3) is 63.7 Å². The van der Waals surface area contributed by atoms with Crippen LogP contribution >= 0.6 is 92.8 Å². The van der Waals surface area contributed by atoms with E-state index in [1.54, 1.807) is 49.5 Å². The minimum atomic E-state index is -4.06. The van der Waals surface area contributed by atoms with Crippen molar-refractivity contribution in [1.82, 2.24) is 29.7 Å². The highest BCUT2D eigenvalue weighted by atomic mass is 35.5. The van der Waals surface area contributed by atoms with Gasteiger partial charge in [-0.15, -0.1) is 0 Å². The Balaban J connectivity index is 0.000000158. The molecule has 14 rings (SSSR count). The topological polar surface area (TPSA) is 353 Å². The lowest BCUT2D eigenvalue weighted by atomic mass is 10.0. The van der Waals surface area contributed by atoms with Crippen LogP contribution in [0.15, 0.2) is 190 Å².